The fourth-order valence-corrected chi connectivity index (χ4v) is 2.61. The van der Waals surface area contributed by atoms with Crippen LogP contribution < -0.4 is 10.8 Å². The Balaban J connectivity index is 1.84. The van der Waals surface area contributed by atoms with E-state index < -0.39 is 0 Å². The highest BCUT2D eigenvalue weighted by molar-refractivity contribution is 6.62. The number of aromatic nitrogens is 1. The van der Waals surface area contributed by atoms with Crippen LogP contribution in [0.3, 0.4) is 0 Å². The van der Waals surface area contributed by atoms with E-state index in [2.05, 4.69) is 44.1 Å². The van der Waals surface area contributed by atoms with E-state index in [9.17, 15) is 0 Å². The molecule has 1 N–H and O–H groups in total. The van der Waals surface area contributed by atoms with E-state index in [1.807, 2.05) is 12.4 Å². The third kappa shape index (κ3) is 2.38. The summed E-state index contributed by atoms with van der Waals surface area (Å²) in [5.41, 5.74) is 1.77. The molecule has 0 atom stereocenters. The van der Waals surface area contributed by atoms with Gasteiger partial charge in [0.05, 0.1) is 11.2 Å². The zero-order valence-corrected chi connectivity index (χ0v) is 12.8. The number of nitrogens with one attached hydrogen (secondary N) is 1. The Kier molecular flexibility index (Phi) is 3.39. The van der Waals surface area contributed by atoms with Gasteiger partial charge in [-0.15, -0.1) is 0 Å². The van der Waals surface area contributed by atoms with Gasteiger partial charge in [0, 0.05) is 17.9 Å². The first-order valence-corrected chi connectivity index (χ1v) is 7.38. The molecule has 2 fully saturated rings. The predicted octanol–water partition coefficient (Wildman–Crippen LogP) is 1.14. The van der Waals surface area contributed by atoms with Gasteiger partial charge in [0.15, 0.2) is 0 Å². The van der Waals surface area contributed by atoms with Crippen LogP contribution in [-0.2, 0) is 15.7 Å². The van der Waals surface area contributed by atoms with Crippen molar-refractivity contribution in [3.8, 4) is 0 Å². The van der Waals surface area contributed by atoms with Crippen LogP contribution in [0.5, 0.6) is 0 Å². The van der Waals surface area contributed by atoms with Crippen molar-refractivity contribution in [1.82, 2.24) is 10.3 Å². The second-order valence-electron chi connectivity index (χ2n) is 6.89. The fraction of sp³-hybridized carbons (Fsp3) is 0.667. The molecule has 20 heavy (non-hydrogen) atoms. The quantitative estimate of drug-likeness (QED) is 0.839. The van der Waals surface area contributed by atoms with Crippen molar-refractivity contribution in [2.24, 2.45) is 5.92 Å². The smallest absolute Gasteiger partial charge is 0.399 e. The lowest BCUT2D eigenvalue weighted by Gasteiger charge is -2.32. The van der Waals surface area contributed by atoms with Crippen molar-refractivity contribution in [1.29, 1.82) is 0 Å². The Labute approximate surface area is 121 Å². The van der Waals surface area contributed by atoms with Gasteiger partial charge >= 0.3 is 7.12 Å². The summed E-state index contributed by atoms with van der Waals surface area (Å²) in [4.78, 5) is 4.26. The van der Waals surface area contributed by atoms with E-state index in [4.69, 9.17) is 9.31 Å². The molecular weight excluding hydrogens is 251 g/mol. The highest BCUT2D eigenvalue weighted by atomic mass is 16.7. The maximum Gasteiger partial charge on any atom is 0.496 e. The first kappa shape index (κ1) is 14.0. The molecule has 0 bridgehead atoms. The predicted molar refractivity (Wildman–Crippen MR) is 80.0 cm³/mol. The molecule has 0 unspecified atom stereocenters. The first-order valence-electron chi connectivity index (χ1n) is 7.38. The summed E-state index contributed by atoms with van der Waals surface area (Å²) in [5.74, 6) is 0.721. The largest absolute Gasteiger partial charge is 0.496 e. The molecule has 1 aromatic rings. The summed E-state index contributed by atoms with van der Waals surface area (Å²) >= 11 is 0. The Morgan fingerprint density at radius 2 is 1.90 bits per heavy atom. The van der Waals surface area contributed by atoms with E-state index in [0.717, 1.165) is 30.9 Å². The summed E-state index contributed by atoms with van der Waals surface area (Å²) in [6.45, 7) is 10.5. The van der Waals surface area contributed by atoms with Gasteiger partial charge in [-0.1, -0.05) is 0 Å². The van der Waals surface area contributed by atoms with Crippen LogP contribution in [0.15, 0.2) is 18.5 Å². The van der Waals surface area contributed by atoms with Crippen LogP contribution in [0.4, 0.5) is 0 Å². The molecule has 2 saturated heterocycles. The van der Waals surface area contributed by atoms with E-state index in [1.165, 1.54) is 5.56 Å². The van der Waals surface area contributed by atoms with Gasteiger partial charge in [-0.05, 0) is 64.8 Å². The molecule has 0 radical (unpaired) electrons. The average Bonchev–Trinajstić information content (AvgIpc) is 2.54. The van der Waals surface area contributed by atoms with Crippen LogP contribution in [0.1, 0.15) is 33.3 Å². The molecule has 0 saturated carbocycles. The highest BCUT2D eigenvalue weighted by Gasteiger charge is 2.52. The zero-order chi connectivity index (χ0) is 14.4. The van der Waals surface area contributed by atoms with Gasteiger partial charge in [-0.25, -0.2) is 0 Å². The van der Waals surface area contributed by atoms with Gasteiger partial charge in [-0.2, -0.15) is 0 Å². The van der Waals surface area contributed by atoms with Crippen molar-refractivity contribution >= 4 is 12.6 Å². The molecule has 3 heterocycles. The number of pyridine rings is 1. The summed E-state index contributed by atoms with van der Waals surface area (Å²) in [7, 11) is -0.309. The lowest BCUT2D eigenvalue weighted by molar-refractivity contribution is 0.00578. The zero-order valence-electron chi connectivity index (χ0n) is 12.8. The normalized spacial score (nSPS) is 24.7. The molecule has 108 valence electrons. The summed E-state index contributed by atoms with van der Waals surface area (Å²) in [5, 5.41) is 3.32. The second kappa shape index (κ2) is 4.83. The number of rotatable bonds is 3. The van der Waals surface area contributed by atoms with Gasteiger partial charge < -0.3 is 14.6 Å². The topological polar surface area (TPSA) is 43.4 Å². The standard InChI is InChI=1S/C15H23BN2O2/c1-14(2)15(3,4)20-16(19-14)13-10-17-6-5-12(13)7-11-8-18-9-11/h5-6,10-11,18H,7-9H2,1-4H3. The minimum absolute atomic E-state index is 0.303. The summed E-state index contributed by atoms with van der Waals surface area (Å²) < 4.78 is 12.3. The van der Waals surface area contributed by atoms with Crippen molar-refractivity contribution in [2.45, 2.75) is 45.3 Å². The van der Waals surface area contributed by atoms with Crippen molar-refractivity contribution in [3.63, 3.8) is 0 Å². The SMILES string of the molecule is CC1(C)OB(c2cnccc2CC2CNC2)OC1(C)C. The number of hydrogen-bond donors (Lipinski definition) is 1. The fourth-order valence-electron chi connectivity index (χ4n) is 2.61. The second-order valence-corrected chi connectivity index (χ2v) is 6.89. The minimum Gasteiger partial charge on any atom is -0.399 e. The molecule has 0 amide bonds. The van der Waals surface area contributed by atoms with Gasteiger partial charge in [0.2, 0.25) is 0 Å². The van der Waals surface area contributed by atoms with Crippen LogP contribution >= 0.6 is 0 Å². The van der Waals surface area contributed by atoms with E-state index in [1.54, 1.807) is 0 Å². The van der Waals surface area contributed by atoms with Crippen molar-refractivity contribution in [3.05, 3.63) is 24.0 Å². The van der Waals surface area contributed by atoms with E-state index in [0.29, 0.717) is 0 Å². The van der Waals surface area contributed by atoms with Gasteiger partial charge in [0.1, 0.15) is 0 Å². The maximum atomic E-state index is 6.15. The number of hydrogen-bond acceptors (Lipinski definition) is 4. The van der Waals surface area contributed by atoms with Gasteiger partial charge in [0.25, 0.3) is 0 Å². The first-order chi connectivity index (χ1) is 9.39. The van der Waals surface area contributed by atoms with Crippen LogP contribution in [0.25, 0.3) is 0 Å². The van der Waals surface area contributed by atoms with Crippen LogP contribution in [0, 0.1) is 5.92 Å². The van der Waals surface area contributed by atoms with E-state index >= 15 is 0 Å². The molecule has 2 aliphatic rings. The lowest BCUT2D eigenvalue weighted by Crippen LogP contribution is -2.45. The molecule has 0 aliphatic carbocycles. The molecule has 0 spiro atoms. The Bertz CT molecular complexity index is 484. The Hall–Kier alpha value is -0.905. The molecule has 1 aromatic heterocycles. The minimum atomic E-state index is -0.309. The molecule has 2 aliphatic heterocycles. The Morgan fingerprint density at radius 3 is 2.45 bits per heavy atom. The average molecular weight is 274 g/mol. The van der Waals surface area contributed by atoms with Crippen molar-refractivity contribution in [2.75, 3.05) is 13.1 Å². The van der Waals surface area contributed by atoms with Crippen LogP contribution in [-0.4, -0.2) is 36.4 Å². The molecule has 3 rings (SSSR count). The molecular formula is C15H23BN2O2. The summed E-state index contributed by atoms with van der Waals surface area (Å²) in [6, 6.07) is 2.10. The molecule has 0 aromatic carbocycles. The maximum absolute atomic E-state index is 6.15. The number of nitrogens with zero attached hydrogens (tertiary/aromatic N) is 1. The summed E-state index contributed by atoms with van der Waals surface area (Å²) in [6.07, 6.45) is 4.81. The lowest BCUT2D eigenvalue weighted by atomic mass is 9.75. The molecule has 5 heteroatoms. The van der Waals surface area contributed by atoms with Crippen LogP contribution in [0.2, 0.25) is 0 Å². The van der Waals surface area contributed by atoms with E-state index in [-0.39, 0.29) is 18.3 Å². The third-order valence-electron chi connectivity index (χ3n) is 4.83. The third-order valence-corrected chi connectivity index (χ3v) is 4.83. The monoisotopic (exact) mass is 274 g/mol. The Morgan fingerprint density at radius 1 is 1.25 bits per heavy atom. The highest BCUT2D eigenvalue weighted by Crippen LogP contribution is 2.36. The van der Waals surface area contributed by atoms with Crippen molar-refractivity contribution < 1.29 is 9.31 Å². The van der Waals surface area contributed by atoms with Gasteiger partial charge in [-0.3, -0.25) is 4.98 Å². The molecule has 4 nitrogen and oxygen atoms in total.